The zero-order valence-electron chi connectivity index (χ0n) is 18.7. The maximum absolute atomic E-state index is 10.3. The third-order valence-corrected chi connectivity index (χ3v) is 2.07. The fourth-order valence-corrected chi connectivity index (χ4v) is 0.727. The van der Waals surface area contributed by atoms with Gasteiger partial charge in [-0.15, -0.1) is 0 Å². The fraction of sp³-hybridized carbons (Fsp3) is 0.318. The van der Waals surface area contributed by atoms with Crippen molar-refractivity contribution in [3.05, 3.63) is 63.3 Å². The summed E-state index contributed by atoms with van der Waals surface area (Å²) in [6, 6.07) is 1.69. The fourth-order valence-electron chi connectivity index (χ4n) is 0.727. The smallest absolute Gasteiger partial charge is 0.330 e. The van der Waals surface area contributed by atoms with E-state index in [2.05, 4.69) is 47.7 Å². The van der Waals surface area contributed by atoms with Crippen LogP contribution in [0.4, 0.5) is 0 Å². The highest BCUT2D eigenvalue weighted by molar-refractivity contribution is 5.86. The number of carboxylic acids is 1. The normalized spacial score (nSPS) is 7.19. The maximum atomic E-state index is 10.3. The first kappa shape index (κ1) is 38.6. The van der Waals surface area contributed by atoms with Crippen LogP contribution in [0.1, 0.15) is 26.7 Å². The summed E-state index contributed by atoms with van der Waals surface area (Å²) in [7, 11) is 0. The lowest BCUT2D eigenvalue weighted by atomic mass is 10.4. The summed E-state index contributed by atoms with van der Waals surface area (Å²) in [6.07, 6.45) is 7.40. The van der Waals surface area contributed by atoms with Crippen molar-refractivity contribution < 1.29 is 38.9 Å². The Morgan fingerprint density at radius 2 is 1.38 bits per heavy atom. The van der Waals surface area contributed by atoms with Crippen LogP contribution >= 0.6 is 0 Å². The number of nitriles is 1. The molecule has 0 aliphatic heterocycles. The quantitative estimate of drug-likeness (QED) is 0.156. The topological polar surface area (TPSA) is 163 Å². The molecule has 0 unspecified atom stereocenters. The molecule has 0 saturated heterocycles. The molecule has 0 aliphatic carbocycles. The molecule has 0 rings (SSSR count). The van der Waals surface area contributed by atoms with Gasteiger partial charge in [-0.25, -0.2) is 14.4 Å². The SMILES string of the molecule is C=CC#N.C=CC(=O)NCO.C=CC(=O)O.C=CC(=O)OCC.C=CC(=O)OCCCC. The van der Waals surface area contributed by atoms with Gasteiger partial charge in [0.2, 0.25) is 5.91 Å². The number of nitrogens with zero attached hydrogens (tertiary/aromatic N) is 1. The van der Waals surface area contributed by atoms with Crippen molar-refractivity contribution in [2.75, 3.05) is 19.9 Å². The molecular formula is C22H34N2O8. The standard InChI is InChI=1S/C7H12O2.C5H8O2.C4H7NO2.C3H3N.C3H4O2/c1-3-5-6-9-7(8)4-2;1-3-5(6)7-4-2;1-2-4(7)5-3-6;1-2-3-4;1-2-3(4)5/h4H,2-3,5-6H2,1H3;3H,1,4H2,2H3;2,6H,1,3H2,(H,5,7);2H,1H2;2H,1H2,(H,4,5). The number of ether oxygens (including phenoxy) is 2. The second-order valence-electron chi connectivity index (χ2n) is 4.46. The summed E-state index contributed by atoms with van der Waals surface area (Å²) >= 11 is 0. The molecule has 0 atom stereocenters. The average molecular weight is 455 g/mol. The lowest BCUT2D eigenvalue weighted by Crippen LogP contribution is -2.20. The van der Waals surface area contributed by atoms with Crippen molar-refractivity contribution >= 4 is 23.8 Å². The Morgan fingerprint density at radius 1 is 0.938 bits per heavy atom. The number of nitrogens with one attached hydrogen (secondary N) is 1. The molecule has 0 bridgehead atoms. The Morgan fingerprint density at radius 3 is 1.56 bits per heavy atom. The van der Waals surface area contributed by atoms with Gasteiger partial charge >= 0.3 is 17.9 Å². The number of allylic oxidation sites excluding steroid dienone is 1. The summed E-state index contributed by atoms with van der Waals surface area (Å²) < 4.78 is 9.11. The van der Waals surface area contributed by atoms with Crippen LogP contribution in [0.5, 0.6) is 0 Å². The number of carboxylic acid groups (broad SMARTS) is 1. The van der Waals surface area contributed by atoms with Crippen molar-refractivity contribution in [1.29, 1.82) is 5.26 Å². The van der Waals surface area contributed by atoms with Crippen LogP contribution in [0.15, 0.2) is 63.3 Å². The van der Waals surface area contributed by atoms with Crippen LogP contribution in [0, 0.1) is 11.3 Å². The summed E-state index contributed by atoms with van der Waals surface area (Å²) in [4.78, 5) is 39.7. The number of aliphatic hydroxyl groups excluding tert-OH is 1. The van der Waals surface area contributed by atoms with Gasteiger partial charge in [0.1, 0.15) is 6.73 Å². The third kappa shape index (κ3) is 63.5. The molecule has 0 saturated carbocycles. The molecular weight excluding hydrogens is 420 g/mol. The van der Waals surface area contributed by atoms with Crippen molar-refractivity contribution in [3.8, 4) is 6.07 Å². The van der Waals surface area contributed by atoms with Crippen LogP contribution in [0.3, 0.4) is 0 Å². The van der Waals surface area contributed by atoms with E-state index in [0.717, 1.165) is 31.1 Å². The Hall–Kier alpha value is -3.97. The second-order valence-corrected chi connectivity index (χ2v) is 4.46. The largest absolute Gasteiger partial charge is 0.478 e. The first-order chi connectivity index (χ1) is 15.1. The van der Waals surface area contributed by atoms with Crippen LogP contribution in [0.25, 0.3) is 0 Å². The van der Waals surface area contributed by atoms with E-state index in [4.69, 9.17) is 15.5 Å². The van der Waals surface area contributed by atoms with Gasteiger partial charge in [-0.2, -0.15) is 5.26 Å². The number of rotatable bonds is 9. The van der Waals surface area contributed by atoms with E-state index < -0.39 is 5.97 Å². The summed E-state index contributed by atoms with van der Waals surface area (Å²) in [5.41, 5.74) is 0. The van der Waals surface area contributed by atoms with E-state index in [-0.39, 0.29) is 24.6 Å². The van der Waals surface area contributed by atoms with E-state index in [9.17, 15) is 19.2 Å². The first-order valence-corrected chi connectivity index (χ1v) is 9.07. The molecule has 0 aromatic heterocycles. The number of unbranched alkanes of at least 4 members (excludes halogenated alkanes) is 1. The first-order valence-electron chi connectivity index (χ1n) is 9.07. The minimum Gasteiger partial charge on any atom is -0.478 e. The number of amides is 1. The van der Waals surface area contributed by atoms with Gasteiger partial charge in [-0.1, -0.05) is 46.2 Å². The van der Waals surface area contributed by atoms with E-state index in [1.54, 1.807) is 13.0 Å². The molecule has 0 spiro atoms. The van der Waals surface area contributed by atoms with E-state index in [1.807, 2.05) is 6.92 Å². The highest BCUT2D eigenvalue weighted by Crippen LogP contribution is 1.88. The molecule has 3 N–H and O–H groups in total. The number of aliphatic hydroxyl groups is 1. The van der Waals surface area contributed by atoms with Gasteiger partial charge in [0, 0.05) is 24.3 Å². The molecule has 0 aromatic carbocycles. The molecule has 0 radical (unpaired) electrons. The molecule has 32 heavy (non-hydrogen) atoms. The van der Waals surface area contributed by atoms with E-state index in [0.29, 0.717) is 13.2 Å². The van der Waals surface area contributed by atoms with Crippen molar-refractivity contribution in [2.24, 2.45) is 0 Å². The second kappa shape index (κ2) is 37.7. The molecule has 10 nitrogen and oxygen atoms in total. The maximum Gasteiger partial charge on any atom is 0.330 e. The average Bonchev–Trinajstić information content (AvgIpc) is 2.80. The number of carbonyl (C=O) groups excluding carboxylic acids is 3. The molecule has 0 aromatic rings. The number of carbonyl (C=O) groups is 4. The van der Waals surface area contributed by atoms with Crippen LogP contribution in [-0.4, -0.2) is 54.0 Å². The summed E-state index contributed by atoms with van der Waals surface area (Å²) in [5, 5.41) is 25.2. The van der Waals surface area contributed by atoms with Gasteiger partial charge in [0.05, 0.1) is 19.3 Å². The Balaban J connectivity index is -0.0000000975. The summed E-state index contributed by atoms with van der Waals surface area (Å²) in [6.45, 7) is 20.1. The van der Waals surface area contributed by atoms with E-state index in [1.165, 1.54) is 12.2 Å². The van der Waals surface area contributed by atoms with Gasteiger partial charge < -0.3 is 25.0 Å². The van der Waals surface area contributed by atoms with Gasteiger partial charge in [-0.3, -0.25) is 4.79 Å². The lowest BCUT2D eigenvalue weighted by molar-refractivity contribution is -0.138. The Labute approximate surface area is 189 Å². The van der Waals surface area contributed by atoms with Crippen LogP contribution < -0.4 is 5.32 Å². The molecule has 1 amide bonds. The zero-order chi connectivity index (χ0) is 26.2. The zero-order valence-corrected chi connectivity index (χ0v) is 18.7. The molecule has 0 heterocycles. The molecule has 10 heteroatoms. The van der Waals surface area contributed by atoms with Crippen molar-refractivity contribution in [2.45, 2.75) is 26.7 Å². The van der Waals surface area contributed by atoms with E-state index >= 15 is 0 Å². The molecule has 0 aliphatic rings. The number of aliphatic carboxylic acids is 1. The highest BCUT2D eigenvalue weighted by Gasteiger charge is 1.91. The Bertz CT molecular complexity index is 586. The minimum atomic E-state index is -0.981. The molecule has 0 fully saturated rings. The van der Waals surface area contributed by atoms with Gasteiger partial charge in [0.15, 0.2) is 0 Å². The van der Waals surface area contributed by atoms with Gasteiger partial charge in [-0.05, 0) is 19.4 Å². The van der Waals surface area contributed by atoms with Crippen LogP contribution in [-0.2, 0) is 28.7 Å². The Kier molecular flexibility index (Phi) is 45.5. The minimum absolute atomic E-state index is 0.329. The van der Waals surface area contributed by atoms with Crippen LogP contribution in [0.2, 0.25) is 0 Å². The molecule has 180 valence electrons. The van der Waals surface area contributed by atoms with Crippen molar-refractivity contribution in [1.82, 2.24) is 5.32 Å². The number of hydrogen-bond acceptors (Lipinski definition) is 8. The monoisotopic (exact) mass is 454 g/mol. The lowest BCUT2D eigenvalue weighted by Gasteiger charge is -1.97. The highest BCUT2D eigenvalue weighted by atomic mass is 16.5. The van der Waals surface area contributed by atoms with Gasteiger partial charge in [0.25, 0.3) is 0 Å². The number of esters is 2. The predicted molar refractivity (Wildman–Crippen MR) is 122 cm³/mol. The number of hydrogen-bond donors (Lipinski definition) is 3. The predicted octanol–water partition coefficient (Wildman–Crippen LogP) is 2.44. The third-order valence-electron chi connectivity index (χ3n) is 2.07. The summed E-state index contributed by atoms with van der Waals surface area (Å²) in [5.74, 6) is -2.03. The van der Waals surface area contributed by atoms with Crippen molar-refractivity contribution in [3.63, 3.8) is 0 Å².